The second-order valence-electron chi connectivity index (χ2n) is 6.79. The van der Waals surface area contributed by atoms with E-state index in [4.69, 9.17) is 5.10 Å². The van der Waals surface area contributed by atoms with Crippen molar-refractivity contribution in [2.75, 3.05) is 25.0 Å². The fraction of sp³-hybridized carbons (Fsp3) is 0.812. The minimum absolute atomic E-state index is 0.618. The summed E-state index contributed by atoms with van der Waals surface area (Å²) < 4.78 is 2.31. The second-order valence-corrected chi connectivity index (χ2v) is 6.79. The first-order valence-electron chi connectivity index (χ1n) is 8.46. The molecule has 4 heteroatoms. The zero-order valence-corrected chi connectivity index (χ0v) is 12.3. The molecule has 0 spiro atoms. The second kappa shape index (κ2) is 5.40. The van der Waals surface area contributed by atoms with E-state index in [0.29, 0.717) is 17.9 Å². The molecule has 110 valence electrons. The van der Waals surface area contributed by atoms with Gasteiger partial charge in [0.15, 0.2) is 0 Å². The van der Waals surface area contributed by atoms with E-state index in [9.17, 15) is 0 Å². The molecular formula is C16H26N4. The predicted molar refractivity (Wildman–Crippen MR) is 81.2 cm³/mol. The van der Waals surface area contributed by atoms with Crippen LogP contribution in [0, 0.1) is 5.92 Å². The lowest BCUT2D eigenvalue weighted by Gasteiger charge is -2.37. The maximum absolute atomic E-state index is 5.03. The first-order chi connectivity index (χ1) is 9.92. The highest BCUT2D eigenvalue weighted by molar-refractivity contribution is 5.41. The lowest BCUT2D eigenvalue weighted by Crippen LogP contribution is -2.44. The standard InChI is InChI=1S/C16H26N4/c1-2-4-6-12(5-3-1)14-9-16-18-11-13-10-17-8-7-15(13)20(16)19-14/h9,12-13,15,17-18H,1-8,10-11H2. The molecule has 2 N–H and O–H groups in total. The maximum Gasteiger partial charge on any atom is 0.124 e. The summed E-state index contributed by atoms with van der Waals surface area (Å²) in [4.78, 5) is 0. The number of rotatable bonds is 1. The lowest BCUT2D eigenvalue weighted by atomic mass is 9.92. The molecule has 2 fully saturated rings. The zero-order valence-electron chi connectivity index (χ0n) is 12.3. The van der Waals surface area contributed by atoms with Gasteiger partial charge in [0, 0.05) is 31.0 Å². The Hall–Kier alpha value is -1.03. The maximum atomic E-state index is 5.03. The van der Waals surface area contributed by atoms with Crippen LogP contribution < -0.4 is 10.6 Å². The van der Waals surface area contributed by atoms with Crippen molar-refractivity contribution < 1.29 is 0 Å². The largest absolute Gasteiger partial charge is 0.370 e. The van der Waals surface area contributed by atoms with Gasteiger partial charge in [-0.1, -0.05) is 25.7 Å². The summed E-state index contributed by atoms with van der Waals surface area (Å²) in [6.07, 6.45) is 9.51. The van der Waals surface area contributed by atoms with Crippen LogP contribution in [-0.2, 0) is 0 Å². The van der Waals surface area contributed by atoms with Gasteiger partial charge in [-0.25, -0.2) is 4.68 Å². The highest BCUT2D eigenvalue weighted by atomic mass is 15.4. The summed E-state index contributed by atoms with van der Waals surface area (Å²) in [5.74, 6) is 2.68. The number of fused-ring (bicyclic) bond motifs is 3. The summed E-state index contributed by atoms with van der Waals surface area (Å²) in [5, 5.41) is 12.1. The van der Waals surface area contributed by atoms with Crippen LogP contribution in [0.2, 0.25) is 0 Å². The van der Waals surface area contributed by atoms with E-state index in [1.807, 2.05) is 0 Å². The van der Waals surface area contributed by atoms with Crippen molar-refractivity contribution in [1.29, 1.82) is 0 Å². The minimum Gasteiger partial charge on any atom is -0.370 e. The quantitative estimate of drug-likeness (QED) is 0.774. The molecule has 4 nitrogen and oxygen atoms in total. The number of hydrogen-bond acceptors (Lipinski definition) is 3. The molecule has 3 heterocycles. The Balaban J connectivity index is 1.59. The van der Waals surface area contributed by atoms with Crippen LogP contribution in [-0.4, -0.2) is 29.4 Å². The van der Waals surface area contributed by atoms with Gasteiger partial charge in [-0.05, 0) is 25.8 Å². The zero-order chi connectivity index (χ0) is 13.4. The van der Waals surface area contributed by atoms with Crippen molar-refractivity contribution in [1.82, 2.24) is 15.1 Å². The van der Waals surface area contributed by atoms with Crippen molar-refractivity contribution in [3.63, 3.8) is 0 Å². The minimum atomic E-state index is 0.618. The van der Waals surface area contributed by atoms with Crippen molar-refractivity contribution in [2.24, 2.45) is 5.92 Å². The van der Waals surface area contributed by atoms with Crippen LogP contribution in [0.5, 0.6) is 0 Å². The Kier molecular flexibility index (Phi) is 3.42. The smallest absolute Gasteiger partial charge is 0.124 e. The van der Waals surface area contributed by atoms with Crippen molar-refractivity contribution in [3.05, 3.63) is 11.8 Å². The summed E-state index contributed by atoms with van der Waals surface area (Å²) in [6, 6.07) is 2.96. The van der Waals surface area contributed by atoms with E-state index in [1.54, 1.807) is 0 Å². The molecule has 0 bridgehead atoms. The third kappa shape index (κ3) is 2.24. The molecule has 3 aliphatic rings. The SMILES string of the molecule is c1c(C2CCCCCC2)nn2c1NCC1CNCCC12. The molecule has 1 saturated heterocycles. The third-order valence-corrected chi connectivity index (χ3v) is 5.46. The molecule has 1 aliphatic carbocycles. The molecule has 2 aliphatic heterocycles. The van der Waals surface area contributed by atoms with Crippen molar-refractivity contribution in [2.45, 2.75) is 56.9 Å². The van der Waals surface area contributed by atoms with Crippen LogP contribution in [0.1, 0.15) is 62.6 Å². The van der Waals surface area contributed by atoms with E-state index in [0.717, 1.165) is 19.6 Å². The Morgan fingerprint density at radius 2 is 1.90 bits per heavy atom. The van der Waals surface area contributed by atoms with Gasteiger partial charge in [0.1, 0.15) is 5.82 Å². The average molecular weight is 274 g/mol. The third-order valence-electron chi connectivity index (χ3n) is 5.46. The van der Waals surface area contributed by atoms with E-state index >= 15 is 0 Å². The first-order valence-corrected chi connectivity index (χ1v) is 8.46. The Morgan fingerprint density at radius 1 is 1.05 bits per heavy atom. The fourth-order valence-electron chi connectivity index (χ4n) is 4.25. The molecule has 4 rings (SSSR count). The molecule has 0 aromatic carbocycles. The average Bonchev–Trinajstić information content (AvgIpc) is 2.74. The molecular weight excluding hydrogens is 248 g/mol. The van der Waals surface area contributed by atoms with Crippen LogP contribution >= 0.6 is 0 Å². The molecule has 2 atom stereocenters. The van der Waals surface area contributed by atoms with E-state index < -0.39 is 0 Å². The molecule has 0 radical (unpaired) electrons. The number of anilines is 1. The van der Waals surface area contributed by atoms with Gasteiger partial charge in [0.05, 0.1) is 11.7 Å². The van der Waals surface area contributed by atoms with Gasteiger partial charge in [-0.3, -0.25) is 0 Å². The van der Waals surface area contributed by atoms with Crippen molar-refractivity contribution in [3.8, 4) is 0 Å². The molecule has 1 aromatic heterocycles. The Bertz CT molecular complexity index is 459. The van der Waals surface area contributed by atoms with Crippen LogP contribution in [0.15, 0.2) is 6.07 Å². The highest BCUT2D eigenvalue weighted by Crippen LogP contribution is 2.37. The van der Waals surface area contributed by atoms with Gasteiger partial charge in [-0.2, -0.15) is 5.10 Å². The Labute approximate surface area is 121 Å². The lowest BCUT2D eigenvalue weighted by molar-refractivity contribution is 0.236. The Morgan fingerprint density at radius 3 is 2.75 bits per heavy atom. The number of aromatic nitrogens is 2. The van der Waals surface area contributed by atoms with Crippen LogP contribution in [0.3, 0.4) is 0 Å². The summed E-state index contributed by atoms with van der Waals surface area (Å²) in [5.41, 5.74) is 1.36. The fourth-order valence-corrected chi connectivity index (χ4v) is 4.25. The summed E-state index contributed by atoms with van der Waals surface area (Å²) in [7, 11) is 0. The monoisotopic (exact) mass is 274 g/mol. The topological polar surface area (TPSA) is 41.9 Å². The van der Waals surface area contributed by atoms with E-state index in [-0.39, 0.29) is 0 Å². The summed E-state index contributed by atoms with van der Waals surface area (Å²) in [6.45, 7) is 3.38. The molecule has 2 unspecified atom stereocenters. The first kappa shape index (κ1) is 12.7. The highest BCUT2D eigenvalue weighted by Gasteiger charge is 2.33. The van der Waals surface area contributed by atoms with Crippen LogP contribution in [0.25, 0.3) is 0 Å². The van der Waals surface area contributed by atoms with Crippen molar-refractivity contribution >= 4 is 5.82 Å². The summed E-state index contributed by atoms with van der Waals surface area (Å²) >= 11 is 0. The van der Waals surface area contributed by atoms with Crippen LogP contribution in [0.4, 0.5) is 5.82 Å². The number of nitrogens with one attached hydrogen (secondary N) is 2. The van der Waals surface area contributed by atoms with Gasteiger partial charge in [-0.15, -0.1) is 0 Å². The van der Waals surface area contributed by atoms with E-state index in [1.165, 1.54) is 56.5 Å². The van der Waals surface area contributed by atoms with Gasteiger partial charge >= 0.3 is 0 Å². The number of hydrogen-bond donors (Lipinski definition) is 2. The molecule has 1 aromatic rings. The number of nitrogens with zero attached hydrogens (tertiary/aromatic N) is 2. The van der Waals surface area contributed by atoms with E-state index in [2.05, 4.69) is 21.4 Å². The van der Waals surface area contributed by atoms with Gasteiger partial charge in [0.25, 0.3) is 0 Å². The molecule has 20 heavy (non-hydrogen) atoms. The molecule has 1 saturated carbocycles. The van der Waals surface area contributed by atoms with Gasteiger partial charge < -0.3 is 10.6 Å². The molecule has 0 amide bonds. The number of piperidine rings is 1. The van der Waals surface area contributed by atoms with Gasteiger partial charge in [0.2, 0.25) is 0 Å². The normalized spacial score (nSPS) is 31.0. The predicted octanol–water partition coefficient (Wildman–Crippen LogP) is 2.90.